The average molecular weight is 263 g/mol. The first-order valence-corrected chi connectivity index (χ1v) is 6.17. The van der Waals surface area contributed by atoms with Crippen LogP contribution in [0.3, 0.4) is 0 Å². The Hall–Kier alpha value is -2.04. The lowest BCUT2D eigenvalue weighted by atomic mass is 10.2. The molecule has 0 atom stereocenters. The van der Waals surface area contributed by atoms with E-state index in [4.69, 9.17) is 9.15 Å². The minimum atomic E-state index is -0.513. The number of aromatic nitrogens is 1. The van der Waals surface area contributed by atoms with Gasteiger partial charge >= 0.3 is 11.7 Å². The Labute approximate surface area is 110 Å². The number of fused-ring (bicyclic) bond motifs is 1. The maximum Gasteiger partial charge on any atom is 0.419 e. The molecule has 0 saturated carbocycles. The van der Waals surface area contributed by atoms with Crippen LogP contribution in [-0.2, 0) is 16.1 Å². The highest BCUT2D eigenvalue weighted by Gasteiger charge is 2.17. The Morgan fingerprint density at radius 2 is 2.00 bits per heavy atom. The fourth-order valence-corrected chi connectivity index (χ4v) is 1.82. The number of hydrogen-bond acceptors (Lipinski definition) is 4. The summed E-state index contributed by atoms with van der Waals surface area (Å²) in [7, 11) is 0. The zero-order chi connectivity index (χ0) is 14.0. The van der Waals surface area contributed by atoms with Crippen molar-refractivity contribution in [1.82, 2.24) is 4.57 Å². The van der Waals surface area contributed by atoms with Crippen LogP contribution in [0.2, 0.25) is 0 Å². The molecule has 19 heavy (non-hydrogen) atoms. The Kier molecular flexibility index (Phi) is 3.46. The lowest BCUT2D eigenvalue weighted by Gasteiger charge is -2.19. The van der Waals surface area contributed by atoms with Gasteiger partial charge in [0.25, 0.3) is 0 Å². The predicted octanol–water partition coefficient (Wildman–Crippen LogP) is 2.33. The van der Waals surface area contributed by atoms with E-state index in [1.54, 1.807) is 18.2 Å². The van der Waals surface area contributed by atoms with E-state index in [0.29, 0.717) is 11.1 Å². The van der Waals surface area contributed by atoms with Crippen molar-refractivity contribution >= 4 is 17.1 Å². The summed E-state index contributed by atoms with van der Waals surface area (Å²) < 4.78 is 11.7. The molecule has 5 heteroatoms. The van der Waals surface area contributed by atoms with E-state index in [9.17, 15) is 9.59 Å². The van der Waals surface area contributed by atoms with Gasteiger partial charge < -0.3 is 9.15 Å². The molecule has 0 unspecified atom stereocenters. The molecule has 2 aromatic rings. The molecule has 0 saturated heterocycles. The van der Waals surface area contributed by atoms with Gasteiger partial charge in [-0.3, -0.25) is 9.36 Å². The van der Waals surface area contributed by atoms with Crippen molar-refractivity contribution in [2.24, 2.45) is 0 Å². The zero-order valence-corrected chi connectivity index (χ0v) is 11.3. The van der Waals surface area contributed by atoms with Crippen molar-refractivity contribution in [2.75, 3.05) is 0 Å². The molecule has 0 aliphatic rings. The van der Waals surface area contributed by atoms with Crippen LogP contribution in [0, 0.1) is 0 Å². The molecule has 1 aromatic heterocycles. The van der Waals surface area contributed by atoms with Gasteiger partial charge in [-0.2, -0.15) is 0 Å². The third kappa shape index (κ3) is 3.24. The average Bonchev–Trinajstić information content (AvgIpc) is 2.60. The first-order chi connectivity index (χ1) is 8.87. The molecule has 0 bridgehead atoms. The molecular formula is C14H17NO4. The van der Waals surface area contributed by atoms with Crippen molar-refractivity contribution in [3.05, 3.63) is 34.8 Å². The standard InChI is InChI=1S/C14H17NO4/c1-14(2,3)19-12(16)8-9-15-10-6-4-5-7-11(10)18-13(15)17/h4-7H,8-9H2,1-3H3. The van der Waals surface area contributed by atoms with Crippen LogP contribution in [0.5, 0.6) is 0 Å². The van der Waals surface area contributed by atoms with Gasteiger partial charge in [-0.25, -0.2) is 4.79 Å². The van der Waals surface area contributed by atoms with Gasteiger partial charge in [-0.1, -0.05) is 12.1 Å². The number of hydrogen-bond donors (Lipinski definition) is 0. The Bertz CT molecular complexity index is 645. The van der Waals surface area contributed by atoms with Gasteiger partial charge in [0.2, 0.25) is 0 Å². The summed E-state index contributed by atoms with van der Waals surface area (Å²) in [6.45, 7) is 5.68. The van der Waals surface area contributed by atoms with Crippen LogP contribution in [0.1, 0.15) is 27.2 Å². The second-order valence-electron chi connectivity index (χ2n) is 5.32. The quantitative estimate of drug-likeness (QED) is 0.797. The highest BCUT2D eigenvalue weighted by Crippen LogP contribution is 2.13. The van der Waals surface area contributed by atoms with Crippen molar-refractivity contribution in [3.63, 3.8) is 0 Å². The Morgan fingerprint density at radius 1 is 1.32 bits per heavy atom. The normalized spacial score (nSPS) is 11.7. The summed E-state index contributed by atoms with van der Waals surface area (Å²) >= 11 is 0. The number of benzene rings is 1. The molecule has 0 radical (unpaired) electrons. The third-order valence-corrected chi connectivity index (χ3v) is 2.53. The smallest absolute Gasteiger partial charge is 0.419 e. The highest BCUT2D eigenvalue weighted by molar-refractivity contribution is 5.73. The second-order valence-corrected chi connectivity index (χ2v) is 5.32. The van der Waals surface area contributed by atoms with Gasteiger partial charge in [0.05, 0.1) is 11.9 Å². The molecule has 2 rings (SSSR count). The lowest BCUT2D eigenvalue weighted by Crippen LogP contribution is -2.25. The number of esters is 1. The maximum atomic E-state index is 11.7. The fourth-order valence-electron chi connectivity index (χ4n) is 1.82. The van der Waals surface area contributed by atoms with Crippen LogP contribution >= 0.6 is 0 Å². The molecule has 0 amide bonds. The van der Waals surface area contributed by atoms with E-state index in [2.05, 4.69) is 0 Å². The number of ether oxygens (including phenoxy) is 1. The van der Waals surface area contributed by atoms with Crippen LogP contribution in [0.25, 0.3) is 11.1 Å². The topological polar surface area (TPSA) is 61.4 Å². The van der Waals surface area contributed by atoms with E-state index in [0.717, 1.165) is 0 Å². The number of aryl methyl sites for hydroxylation is 1. The van der Waals surface area contributed by atoms with Gasteiger partial charge in [-0.15, -0.1) is 0 Å². The summed E-state index contributed by atoms with van der Waals surface area (Å²) in [5.74, 6) is -0.783. The molecule has 1 aromatic carbocycles. The summed E-state index contributed by atoms with van der Waals surface area (Å²) in [4.78, 5) is 23.3. The second kappa shape index (κ2) is 4.91. The summed E-state index contributed by atoms with van der Waals surface area (Å²) in [5, 5.41) is 0. The number of carbonyl (C=O) groups is 1. The predicted molar refractivity (Wildman–Crippen MR) is 70.9 cm³/mol. The van der Waals surface area contributed by atoms with Crippen molar-refractivity contribution in [2.45, 2.75) is 39.3 Å². The maximum absolute atomic E-state index is 11.7. The van der Waals surface area contributed by atoms with E-state index in [1.165, 1.54) is 4.57 Å². The monoisotopic (exact) mass is 263 g/mol. The molecule has 0 fully saturated rings. The van der Waals surface area contributed by atoms with Crippen LogP contribution < -0.4 is 5.76 Å². The Morgan fingerprint density at radius 3 is 2.68 bits per heavy atom. The number of carbonyl (C=O) groups excluding carboxylic acids is 1. The molecule has 0 aliphatic carbocycles. The number of rotatable bonds is 3. The summed E-state index contributed by atoms with van der Waals surface area (Å²) in [6.07, 6.45) is 0.140. The minimum absolute atomic E-state index is 0.140. The van der Waals surface area contributed by atoms with E-state index < -0.39 is 11.4 Å². The molecule has 5 nitrogen and oxygen atoms in total. The van der Waals surface area contributed by atoms with Gasteiger partial charge in [0, 0.05) is 6.54 Å². The van der Waals surface area contributed by atoms with E-state index >= 15 is 0 Å². The minimum Gasteiger partial charge on any atom is -0.460 e. The number of nitrogens with zero attached hydrogens (tertiary/aromatic N) is 1. The van der Waals surface area contributed by atoms with Crippen LogP contribution in [0.15, 0.2) is 33.5 Å². The molecule has 1 heterocycles. The molecule has 0 N–H and O–H groups in total. The third-order valence-electron chi connectivity index (χ3n) is 2.53. The van der Waals surface area contributed by atoms with Crippen molar-refractivity contribution in [1.29, 1.82) is 0 Å². The Balaban J connectivity index is 2.12. The van der Waals surface area contributed by atoms with Gasteiger partial charge in [0.15, 0.2) is 5.58 Å². The van der Waals surface area contributed by atoms with Crippen LogP contribution in [-0.4, -0.2) is 16.1 Å². The van der Waals surface area contributed by atoms with Gasteiger partial charge in [-0.05, 0) is 32.9 Å². The largest absolute Gasteiger partial charge is 0.460 e. The van der Waals surface area contributed by atoms with Crippen LogP contribution in [0.4, 0.5) is 0 Å². The molecule has 0 aliphatic heterocycles. The molecule has 102 valence electrons. The zero-order valence-electron chi connectivity index (χ0n) is 11.3. The number of para-hydroxylation sites is 2. The van der Waals surface area contributed by atoms with Crippen molar-refractivity contribution in [3.8, 4) is 0 Å². The summed E-state index contributed by atoms with van der Waals surface area (Å²) in [6, 6.07) is 7.13. The first-order valence-electron chi connectivity index (χ1n) is 6.17. The van der Waals surface area contributed by atoms with Gasteiger partial charge in [0.1, 0.15) is 5.60 Å². The first kappa shape index (κ1) is 13.4. The SMILES string of the molecule is CC(C)(C)OC(=O)CCn1c(=O)oc2ccccc21. The van der Waals surface area contributed by atoms with Crippen molar-refractivity contribution < 1.29 is 13.9 Å². The van der Waals surface area contributed by atoms with E-state index in [1.807, 2.05) is 26.8 Å². The van der Waals surface area contributed by atoms with E-state index in [-0.39, 0.29) is 18.9 Å². The fraction of sp³-hybridized carbons (Fsp3) is 0.429. The highest BCUT2D eigenvalue weighted by atomic mass is 16.6. The molecule has 0 spiro atoms. The lowest BCUT2D eigenvalue weighted by molar-refractivity contribution is -0.155. The number of oxazole rings is 1. The summed E-state index contributed by atoms with van der Waals surface area (Å²) in [5.41, 5.74) is 0.702. The molecular weight excluding hydrogens is 246 g/mol.